The van der Waals surface area contributed by atoms with Crippen molar-refractivity contribution < 1.29 is 19.1 Å². The predicted molar refractivity (Wildman–Crippen MR) is 109 cm³/mol. The van der Waals surface area contributed by atoms with Gasteiger partial charge in [0.05, 0.1) is 31.9 Å². The zero-order valence-electron chi connectivity index (χ0n) is 15.8. The van der Waals surface area contributed by atoms with Crippen LogP contribution in [0.4, 0.5) is 4.79 Å². The van der Waals surface area contributed by atoms with E-state index in [1.807, 2.05) is 36.4 Å². The lowest BCUT2D eigenvalue weighted by Gasteiger charge is -2.34. The minimum atomic E-state index is -0.583. The molecule has 1 aromatic carbocycles. The zero-order valence-corrected chi connectivity index (χ0v) is 17.4. The number of halogens is 1. The van der Waals surface area contributed by atoms with Gasteiger partial charge < -0.3 is 14.8 Å². The number of nitrogens with zero attached hydrogens (tertiary/aromatic N) is 1. The molecule has 2 amide bonds. The number of carbonyl (C=O) groups excluding carboxylic acids is 2. The van der Waals surface area contributed by atoms with E-state index in [0.717, 1.165) is 15.3 Å². The maximum atomic E-state index is 12.6. The maximum Gasteiger partial charge on any atom is 0.338 e. The van der Waals surface area contributed by atoms with E-state index in [1.54, 1.807) is 14.0 Å². The number of hydrogen-bond donors (Lipinski definition) is 1. The molecule has 1 aromatic heterocycles. The standard InChI is InChI=1S/C20H21ClN2O4S/c1-12-17(19(24)27-3)18(22-20(25)23(12)10-11-26-2)16-9-8-15(28-16)13-6-4-5-7-14(13)21/h4-9,18H,10-11H2,1-3H3,(H,22,25)/t18-/m1/s1. The number of benzene rings is 1. The normalized spacial score (nSPS) is 16.9. The van der Waals surface area contributed by atoms with Gasteiger partial charge in [-0.2, -0.15) is 0 Å². The SMILES string of the molecule is COCCN1C(=O)N[C@H](c2ccc(-c3ccccc3Cl)s2)C(C(=O)OC)=C1C. The largest absolute Gasteiger partial charge is 0.466 e. The highest BCUT2D eigenvalue weighted by Gasteiger charge is 2.36. The average molecular weight is 421 g/mol. The summed E-state index contributed by atoms with van der Waals surface area (Å²) in [7, 11) is 2.89. The number of urea groups is 1. The van der Waals surface area contributed by atoms with Gasteiger partial charge in [0.15, 0.2) is 0 Å². The summed E-state index contributed by atoms with van der Waals surface area (Å²) in [5.41, 5.74) is 1.88. The molecule has 1 aliphatic heterocycles. The van der Waals surface area contributed by atoms with Gasteiger partial charge in [-0.25, -0.2) is 9.59 Å². The molecule has 148 valence electrons. The van der Waals surface area contributed by atoms with E-state index in [4.69, 9.17) is 21.1 Å². The van der Waals surface area contributed by atoms with Crippen LogP contribution in [0.5, 0.6) is 0 Å². The fourth-order valence-electron chi connectivity index (χ4n) is 3.13. The van der Waals surface area contributed by atoms with Crippen LogP contribution >= 0.6 is 22.9 Å². The predicted octanol–water partition coefficient (Wildman–Crippen LogP) is 4.23. The third-order valence-electron chi connectivity index (χ3n) is 4.57. The smallest absolute Gasteiger partial charge is 0.338 e. The van der Waals surface area contributed by atoms with Crippen molar-refractivity contribution in [2.24, 2.45) is 0 Å². The summed E-state index contributed by atoms with van der Waals surface area (Å²) < 4.78 is 10.1. The summed E-state index contributed by atoms with van der Waals surface area (Å²) in [4.78, 5) is 28.4. The summed E-state index contributed by atoms with van der Waals surface area (Å²) in [6.45, 7) is 2.45. The number of nitrogens with one attached hydrogen (secondary N) is 1. The highest BCUT2D eigenvalue weighted by molar-refractivity contribution is 7.15. The minimum Gasteiger partial charge on any atom is -0.466 e. The highest BCUT2D eigenvalue weighted by Crippen LogP contribution is 2.39. The van der Waals surface area contributed by atoms with Gasteiger partial charge in [0.2, 0.25) is 0 Å². The quantitative estimate of drug-likeness (QED) is 0.710. The van der Waals surface area contributed by atoms with Crippen molar-refractivity contribution in [3.63, 3.8) is 0 Å². The molecule has 2 aromatic rings. The van der Waals surface area contributed by atoms with Crippen molar-refractivity contribution in [1.82, 2.24) is 10.2 Å². The Balaban J connectivity index is 2.01. The number of allylic oxidation sites excluding steroid dienone is 1. The Hall–Kier alpha value is -2.35. The molecule has 8 heteroatoms. The third kappa shape index (κ3) is 3.92. The van der Waals surface area contributed by atoms with Crippen molar-refractivity contribution in [2.45, 2.75) is 13.0 Å². The Morgan fingerprint density at radius 2 is 2.00 bits per heavy atom. The lowest BCUT2D eigenvalue weighted by Crippen LogP contribution is -2.48. The molecule has 0 bridgehead atoms. The van der Waals surface area contributed by atoms with Gasteiger partial charge in [-0.3, -0.25) is 4.90 Å². The number of rotatable bonds is 6. The van der Waals surface area contributed by atoms with Gasteiger partial charge in [0.1, 0.15) is 0 Å². The molecular weight excluding hydrogens is 400 g/mol. The summed E-state index contributed by atoms with van der Waals surface area (Å²) in [6, 6.07) is 10.5. The second-order valence-corrected chi connectivity index (χ2v) is 7.72. The number of hydrogen-bond acceptors (Lipinski definition) is 5. The lowest BCUT2D eigenvalue weighted by atomic mass is 10.0. The summed E-state index contributed by atoms with van der Waals surface area (Å²) in [6.07, 6.45) is 0. The van der Waals surface area contributed by atoms with E-state index >= 15 is 0 Å². The molecule has 6 nitrogen and oxygen atoms in total. The summed E-state index contributed by atoms with van der Waals surface area (Å²) in [5, 5.41) is 3.56. The molecule has 0 fully saturated rings. The topological polar surface area (TPSA) is 67.9 Å². The number of methoxy groups -OCH3 is 2. The van der Waals surface area contributed by atoms with Crippen LogP contribution in [0.1, 0.15) is 17.8 Å². The van der Waals surface area contributed by atoms with Crippen molar-refractivity contribution in [2.75, 3.05) is 27.4 Å². The van der Waals surface area contributed by atoms with Gasteiger partial charge in [-0.15, -0.1) is 11.3 Å². The molecule has 1 aliphatic rings. The molecule has 0 unspecified atom stereocenters. The Bertz CT molecular complexity index is 924. The first-order valence-electron chi connectivity index (χ1n) is 8.68. The van der Waals surface area contributed by atoms with E-state index in [0.29, 0.717) is 29.4 Å². The van der Waals surface area contributed by atoms with Crippen LogP contribution < -0.4 is 5.32 Å². The molecule has 0 saturated heterocycles. The second-order valence-electron chi connectivity index (χ2n) is 6.20. The third-order valence-corrected chi connectivity index (χ3v) is 6.08. The first-order chi connectivity index (χ1) is 13.5. The number of esters is 1. The van der Waals surface area contributed by atoms with Gasteiger partial charge >= 0.3 is 12.0 Å². The van der Waals surface area contributed by atoms with Crippen LogP contribution in [0, 0.1) is 0 Å². The van der Waals surface area contributed by atoms with Crippen molar-refractivity contribution in [3.8, 4) is 10.4 Å². The van der Waals surface area contributed by atoms with Crippen molar-refractivity contribution in [3.05, 3.63) is 57.6 Å². The zero-order chi connectivity index (χ0) is 20.3. The molecule has 1 atom stereocenters. The van der Waals surface area contributed by atoms with Gasteiger partial charge in [0, 0.05) is 33.1 Å². The van der Waals surface area contributed by atoms with Crippen LogP contribution in [0.25, 0.3) is 10.4 Å². The lowest BCUT2D eigenvalue weighted by molar-refractivity contribution is -0.136. The monoisotopic (exact) mass is 420 g/mol. The molecular formula is C20H21ClN2O4S. The molecule has 0 aliphatic carbocycles. The fourth-order valence-corrected chi connectivity index (χ4v) is 4.54. The molecule has 0 radical (unpaired) electrons. The van der Waals surface area contributed by atoms with Crippen LogP contribution in [-0.2, 0) is 14.3 Å². The van der Waals surface area contributed by atoms with E-state index < -0.39 is 12.0 Å². The molecule has 0 saturated carbocycles. The highest BCUT2D eigenvalue weighted by atomic mass is 35.5. The van der Waals surface area contributed by atoms with E-state index in [1.165, 1.54) is 23.3 Å². The van der Waals surface area contributed by atoms with Gasteiger partial charge in [-0.1, -0.05) is 29.8 Å². The summed E-state index contributed by atoms with van der Waals surface area (Å²) >= 11 is 7.78. The molecule has 3 rings (SSSR count). The van der Waals surface area contributed by atoms with Crippen LogP contribution in [0.2, 0.25) is 5.02 Å². The van der Waals surface area contributed by atoms with Crippen molar-refractivity contribution >= 4 is 34.9 Å². The van der Waals surface area contributed by atoms with Crippen LogP contribution in [-0.4, -0.2) is 44.3 Å². The van der Waals surface area contributed by atoms with Crippen molar-refractivity contribution in [1.29, 1.82) is 0 Å². The Kier molecular flexibility index (Phi) is 6.39. The Morgan fingerprint density at radius 3 is 2.68 bits per heavy atom. The van der Waals surface area contributed by atoms with E-state index in [9.17, 15) is 9.59 Å². The first-order valence-corrected chi connectivity index (χ1v) is 9.88. The number of amides is 2. The number of carbonyl (C=O) groups is 2. The van der Waals surface area contributed by atoms with Gasteiger partial charge in [0.25, 0.3) is 0 Å². The fraction of sp³-hybridized carbons (Fsp3) is 0.300. The molecule has 2 heterocycles. The Labute approximate surface area is 172 Å². The second kappa shape index (κ2) is 8.77. The average Bonchev–Trinajstić information content (AvgIpc) is 3.17. The van der Waals surface area contributed by atoms with Gasteiger partial charge in [-0.05, 0) is 25.1 Å². The molecule has 28 heavy (non-hydrogen) atoms. The van der Waals surface area contributed by atoms with Crippen LogP contribution in [0.3, 0.4) is 0 Å². The number of thiophene rings is 1. The Morgan fingerprint density at radius 1 is 1.25 bits per heavy atom. The number of ether oxygens (including phenoxy) is 2. The first kappa shape index (κ1) is 20.4. The molecule has 0 spiro atoms. The van der Waals surface area contributed by atoms with E-state index in [2.05, 4.69) is 5.32 Å². The molecule has 1 N–H and O–H groups in total. The minimum absolute atomic E-state index is 0.278. The van der Waals surface area contributed by atoms with Crippen LogP contribution in [0.15, 0.2) is 47.7 Å². The maximum absolute atomic E-state index is 12.6. The van der Waals surface area contributed by atoms with E-state index in [-0.39, 0.29) is 6.03 Å². The summed E-state index contributed by atoms with van der Waals surface area (Å²) in [5.74, 6) is -0.474.